The largest absolute Gasteiger partial charge is 0.298 e. The van der Waals surface area contributed by atoms with E-state index in [9.17, 15) is 13.6 Å². The molecule has 3 aromatic carbocycles. The van der Waals surface area contributed by atoms with Crippen LogP contribution in [0.2, 0.25) is 0 Å². The number of aldehydes is 1. The fraction of sp³-hybridized carbons (Fsp3) is 0.130. The molecule has 140 valence electrons. The third-order valence-electron chi connectivity index (χ3n) is 4.55. The van der Waals surface area contributed by atoms with Gasteiger partial charge < -0.3 is 0 Å². The number of nitrogens with zero attached hydrogens (tertiary/aromatic N) is 1. The van der Waals surface area contributed by atoms with Gasteiger partial charge in [-0.1, -0.05) is 43.7 Å². The topological polar surface area (TPSA) is 40.9 Å². The van der Waals surface area contributed by atoms with Crippen LogP contribution in [0.15, 0.2) is 48.5 Å². The van der Waals surface area contributed by atoms with Crippen LogP contribution in [0.25, 0.3) is 22.3 Å². The Balaban J connectivity index is 2.26. The standard InChI is InChI=1S/C23H16F3NO/c1-2-3-14-4-6-15(7-5-14)22-18(11-21(25)19(13-28)23(22)26)16-8-9-17(12-27)20(24)10-16/h4-11,13H,2-3H2,1H3. The summed E-state index contributed by atoms with van der Waals surface area (Å²) >= 11 is 0. The van der Waals surface area contributed by atoms with Gasteiger partial charge in [-0.05, 0) is 46.9 Å². The SMILES string of the molecule is CCCc1ccc(-c2c(-c3ccc(C#N)c(F)c3)cc(F)c(C=O)c2F)cc1. The molecule has 28 heavy (non-hydrogen) atoms. The summed E-state index contributed by atoms with van der Waals surface area (Å²) in [6.07, 6.45) is 1.94. The molecule has 0 saturated heterocycles. The quantitative estimate of drug-likeness (QED) is 0.505. The molecule has 0 radical (unpaired) electrons. The maximum atomic E-state index is 15.0. The molecule has 0 aliphatic carbocycles. The van der Waals surface area contributed by atoms with Crippen molar-refractivity contribution in [1.29, 1.82) is 5.26 Å². The van der Waals surface area contributed by atoms with Crippen molar-refractivity contribution in [3.8, 4) is 28.3 Å². The predicted molar refractivity (Wildman–Crippen MR) is 101 cm³/mol. The van der Waals surface area contributed by atoms with Crippen LogP contribution in [-0.2, 0) is 6.42 Å². The van der Waals surface area contributed by atoms with Gasteiger partial charge in [0, 0.05) is 5.56 Å². The summed E-state index contributed by atoms with van der Waals surface area (Å²) in [5.74, 6) is -2.82. The molecule has 0 saturated carbocycles. The van der Waals surface area contributed by atoms with Gasteiger partial charge in [0.25, 0.3) is 0 Å². The molecule has 0 unspecified atom stereocenters. The Morgan fingerprint density at radius 3 is 2.21 bits per heavy atom. The summed E-state index contributed by atoms with van der Waals surface area (Å²) < 4.78 is 43.4. The van der Waals surface area contributed by atoms with E-state index in [2.05, 4.69) is 0 Å². The van der Waals surface area contributed by atoms with Crippen molar-refractivity contribution in [3.63, 3.8) is 0 Å². The second-order valence-corrected chi connectivity index (χ2v) is 6.38. The lowest BCUT2D eigenvalue weighted by atomic mass is 9.91. The average Bonchev–Trinajstić information content (AvgIpc) is 2.69. The summed E-state index contributed by atoms with van der Waals surface area (Å²) in [7, 11) is 0. The number of rotatable bonds is 5. The van der Waals surface area contributed by atoms with Crippen molar-refractivity contribution in [2.45, 2.75) is 19.8 Å². The van der Waals surface area contributed by atoms with Gasteiger partial charge in [-0.15, -0.1) is 0 Å². The van der Waals surface area contributed by atoms with Gasteiger partial charge >= 0.3 is 0 Å². The van der Waals surface area contributed by atoms with Crippen LogP contribution in [0.5, 0.6) is 0 Å². The van der Waals surface area contributed by atoms with Crippen molar-refractivity contribution in [3.05, 3.63) is 82.7 Å². The van der Waals surface area contributed by atoms with Gasteiger partial charge in [0.15, 0.2) is 6.29 Å². The van der Waals surface area contributed by atoms with Crippen LogP contribution in [0.4, 0.5) is 13.2 Å². The van der Waals surface area contributed by atoms with E-state index in [0.717, 1.165) is 30.5 Å². The predicted octanol–water partition coefficient (Wildman–Crippen LogP) is 6.07. The highest BCUT2D eigenvalue weighted by Crippen LogP contribution is 2.37. The number of hydrogen-bond donors (Lipinski definition) is 0. The lowest BCUT2D eigenvalue weighted by molar-refractivity contribution is 0.111. The zero-order valence-corrected chi connectivity index (χ0v) is 15.1. The van der Waals surface area contributed by atoms with Gasteiger partial charge in [-0.2, -0.15) is 5.26 Å². The Labute approximate surface area is 160 Å². The maximum absolute atomic E-state index is 15.0. The lowest BCUT2D eigenvalue weighted by Gasteiger charge is -2.15. The second-order valence-electron chi connectivity index (χ2n) is 6.38. The number of carbonyl (C=O) groups is 1. The Hall–Kier alpha value is -3.39. The summed E-state index contributed by atoms with van der Waals surface area (Å²) in [6.45, 7) is 2.04. The normalized spacial score (nSPS) is 10.5. The van der Waals surface area contributed by atoms with Crippen LogP contribution < -0.4 is 0 Å². The van der Waals surface area contributed by atoms with Crippen molar-refractivity contribution in [2.24, 2.45) is 0 Å². The van der Waals surface area contributed by atoms with Crippen LogP contribution in [0, 0.1) is 28.8 Å². The first-order valence-corrected chi connectivity index (χ1v) is 8.76. The number of halogens is 3. The first-order chi connectivity index (χ1) is 13.5. The molecule has 0 atom stereocenters. The van der Waals surface area contributed by atoms with Gasteiger partial charge in [-0.25, -0.2) is 13.2 Å². The van der Waals surface area contributed by atoms with Gasteiger partial charge in [0.05, 0.1) is 11.1 Å². The van der Waals surface area contributed by atoms with Crippen LogP contribution in [0.3, 0.4) is 0 Å². The van der Waals surface area contributed by atoms with E-state index >= 15 is 4.39 Å². The van der Waals surface area contributed by atoms with E-state index in [0.29, 0.717) is 5.56 Å². The highest BCUT2D eigenvalue weighted by Gasteiger charge is 2.21. The molecule has 2 nitrogen and oxygen atoms in total. The molecular formula is C23H16F3NO. The van der Waals surface area contributed by atoms with Crippen LogP contribution in [-0.4, -0.2) is 6.29 Å². The molecule has 0 aromatic heterocycles. The molecule has 3 aromatic rings. The van der Waals surface area contributed by atoms with E-state index in [1.165, 1.54) is 12.1 Å². The fourth-order valence-corrected chi connectivity index (χ4v) is 3.15. The van der Waals surface area contributed by atoms with Gasteiger partial charge in [0.2, 0.25) is 0 Å². The van der Waals surface area contributed by atoms with Crippen molar-refractivity contribution >= 4 is 6.29 Å². The maximum Gasteiger partial charge on any atom is 0.155 e. The third-order valence-corrected chi connectivity index (χ3v) is 4.55. The average molecular weight is 379 g/mol. The molecule has 0 bridgehead atoms. The molecule has 0 fully saturated rings. The molecule has 0 aliphatic rings. The molecule has 5 heteroatoms. The van der Waals surface area contributed by atoms with E-state index in [1.54, 1.807) is 18.2 Å². The number of carbonyl (C=O) groups excluding carboxylic acids is 1. The molecular weight excluding hydrogens is 363 g/mol. The van der Waals surface area contributed by atoms with E-state index in [1.807, 2.05) is 19.1 Å². The van der Waals surface area contributed by atoms with Crippen LogP contribution in [0.1, 0.15) is 34.8 Å². The fourth-order valence-electron chi connectivity index (χ4n) is 3.15. The molecule has 0 N–H and O–H groups in total. The Morgan fingerprint density at radius 1 is 0.964 bits per heavy atom. The van der Waals surface area contributed by atoms with E-state index < -0.39 is 23.0 Å². The number of aryl methyl sites for hydroxylation is 1. The Bertz CT molecular complexity index is 1080. The lowest BCUT2D eigenvalue weighted by Crippen LogP contribution is -2.01. The molecule has 0 heterocycles. The van der Waals surface area contributed by atoms with Crippen LogP contribution >= 0.6 is 0 Å². The molecule has 0 amide bonds. The number of hydrogen-bond acceptors (Lipinski definition) is 2. The first kappa shape index (κ1) is 19.4. The van der Waals surface area contributed by atoms with Gasteiger partial charge in [0.1, 0.15) is 23.5 Å². The molecule has 3 rings (SSSR count). The minimum Gasteiger partial charge on any atom is -0.298 e. The summed E-state index contributed by atoms with van der Waals surface area (Å²) in [5, 5.41) is 8.89. The smallest absolute Gasteiger partial charge is 0.155 e. The van der Waals surface area contributed by atoms with Crippen molar-refractivity contribution < 1.29 is 18.0 Å². The minimum absolute atomic E-state index is 0.00987. The highest BCUT2D eigenvalue weighted by molar-refractivity contribution is 5.89. The zero-order chi connectivity index (χ0) is 20.3. The van der Waals surface area contributed by atoms with E-state index in [-0.39, 0.29) is 28.5 Å². The summed E-state index contributed by atoms with van der Waals surface area (Å²) in [4.78, 5) is 11.2. The number of nitriles is 1. The van der Waals surface area contributed by atoms with Gasteiger partial charge in [-0.3, -0.25) is 4.79 Å². The zero-order valence-electron chi connectivity index (χ0n) is 15.1. The monoisotopic (exact) mass is 379 g/mol. The highest BCUT2D eigenvalue weighted by atomic mass is 19.1. The number of benzene rings is 3. The second kappa shape index (κ2) is 8.10. The molecule has 0 aliphatic heterocycles. The van der Waals surface area contributed by atoms with E-state index in [4.69, 9.17) is 5.26 Å². The van der Waals surface area contributed by atoms with Crippen molar-refractivity contribution in [2.75, 3.05) is 0 Å². The van der Waals surface area contributed by atoms with Crippen molar-refractivity contribution in [1.82, 2.24) is 0 Å². The third kappa shape index (κ3) is 3.54. The summed E-state index contributed by atoms with van der Waals surface area (Å²) in [6, 6.07) is 13.5. The molecule has 0 spiro atoms. The Morgan fingerprint density at radius 2 is 1.64 bits per heavy atom. The Kier molecular flexibility index (Phi) is 5.60. The summed E-state index contributed by atoms with van der Waals surface area (Å²) in [5.41, 5.74) is 0.989. The first-order valence-electron chi connectivity index (χ1n) is 8.76. The minimum atomic E-state index is -1.03.